The molecule has 0 heterocycles. The van der Waals surface area contributed by atoms with Gasteiger partial charge in [0, 0.05) is 17.1 Å². The minimum atomic E-state index is -0.358. The number of carbonyl (C=O) groups excluding carboxylic acids is 1. The molecule has 6 heteroatoms. The summed E-state index contributed by atoms with van der Waals surface area (Å²) in [7, 11) is 0. The lowest BCUT2D eigenvalue weighted by molar-refractivity contribution is 0.0477. The van der Waals surface area contributed by atoms with Crippen molar-refractivity contribution in [2.45, 2.75) is 31.9 Å². The third-order valence-corrected chi connectivity index (χ3v) is 6.12. The summed E-state index contributed by atoms with van der Waals surface area (Å²) < 4.78 is 17.2. The van der Waals surface area contributed by atoms with E-state index >= 15 is 0 Å². The quantitative estimate of drug-likeness (QED) is 0.202. The second-order valence-corrected chi connectivity index (χ2v) is 9.13. The van der Waals surface area contributed by atoms with Crippen LogP contribution in [-0.2, 0) is 17.8 Å². The van der Waals surface area contributed by atoms with E-state index in [1.54, 1.807) is 24.3 Å². The Morgan fingerprint density at radius 2 is 1.51 bits per heavy atom. The van der Waals surface area contributed by atoms with Crippen molar-refractivity contribution in [2.24, 2.45) is 5.73 Å². The fraction of sp³-hybridized carbons (Fsp3) is 0.194. The van der Waals surface area contributed by atoms with Gasteiger partial charge in [-0.05, 0) is 66.8 Å². The predicted molar refractivity (Wildman–Crippen MR) is 146 cm³/mol. The molecule has 2 N–H and O–H groups in total. The van der Waals surface area contributed by atoms with Crippen LogP contribution in [0, 0.1) is 0 Å². The zero-order chi connectivity index (χ0) is 25.9. The highest BCUT2D eigenvalue weighted by Gasteiger charge is 2.11. The first-order valence-corrected chi connectivity index (χ1v) is 12.7. The van der Waals surface area contributed by atoms with Gasteiger partial charge in [0.15, 0.2) is 0 Å². The van der Waals surface area contributed by atoms with E-state index in [-0.39, 0.29) is 18.6 Å². The van der Waals surface area contributed by atoms with E-state index in [9.17, 15) is 4.79 Å². The Balaban J connectivity index is 1.22. The first-order chi connectivity index (χ1) is 18.1. The molecule has 1 atom stereocenters. The molecule has 0 aliphatic heterocycles. The number of ether oxygens (including phenoxy) is 3. The van der Waals surface area contributed by atoms with Crippen LogP contribution < -0.4 is 15.2 Å². The first-order valence-electron chi connectivity index (χ1n) is 12.3. The molecular weight excluding hydrogens is 486 g/mol. The van der Waals surface area contributed by atoms with Crippen molar-refractivity contribution in [1.29, 1.82) is 0 Å². The fourth-order valence-electron chi connectivity index (χ4n) is 3.78. The van der Waals surface area contributed by atoms with E-state index in [0.29, 0.717) is 35.1 Å². The van der Waals surface area contributed by atoms with Gasteiger partial charge in [0.25, 0.3) is 0 Å². The lowest BCUT2D eigenvalue weighted by Crippen LogP contribution is -2.27. The number of esters is 1. The molecule has 0 spiro atoms. The van der Waals surface area contributed by atoms with Crippen LogP contribution in [0.1, 0.15) is 34.3 Å². The van der Waals surface area contributed by atoms with Gasteiger partial charge in [-0.25, -0.2) is 4.79 Å². The van der Waals surface area contributed by atoms with Crippen molar-refractivity contribution >= 4 is 17.6 Å². The lowest BCUT2D eigenvalue weighted by Gasteiger charge is -2.13. The highest BCUT2D eigenvalue weighted by Crippen LogP contribution is 2.29. The second kappa shape index (κ2) is 13.5. The molecule has 4 aromatic rings. The molecule has 0 aromatic heterocycles. The maximum absolute atomic E-state index is 12.0. The van der Waals surface area contributed by atoms with Crippen LogP contribution >= 0.6 is 11.6 Å². The molecule has 0 bridgehead atoms. The van der Waals surface area contributed by atoms with Gasteiger partial charge in [-0.15, -0.1) is 0 Å². The van der Waals surface area contributed by atoms with E-state index < -0.39 is 0 Å². The molecule has 0 saturated carbocycles. The third-order valence-electron chi connectivity index (χ3n) is 5.77. The van der Waals surface area contributed by atoms with Crippen molar-refractivity contribution in [3.8, 4) is 17.2 Å². The molecule has 0 saturated heterocycles. The van der Waals surface area contributed by atoms with E-state index in [1.807, 2.05) is 78.9 Å². The number of hydrogen-bond donors (Lipinski definition) is 1. The second-order valence-electron chi connectivity index (χ2n) is 8.72. The normalized spacial score (nSPS) is 11.5. The summed E-state index contributed by atoms with van der Waals surface area (Å²) in [6.45, 7) is 0.673. The smallest absolute Gasteiger partial charge is 0.338 e. The topological polar surface area (TPSA) is 70.8 Å². The van der Waals surface area contributed by atoms with Crippen LogP contribution in [0.2, 0.25) is 5.02 Å². The zero-order valence-electron chi connectivity index (χ0n) is 20.5. The molecule has 5 nitrogen and oxygen atoms in total. The molecule has 0 amide bonds. The summed E-state index contributed by atoms with van der Waals surface area (Å²) in [6.07, 6.45) is 2.31. The zero-order valence-corrected chi connectivity index (χ0v) is 21.3. The average molecular weight is 516 g/mol. The number of nitrogens with two attached hydrogens (primary N) is 1. The maximum atomic E-state index is 12.0. The van der Waals surface area contributed by atoms with Crippen LogP contribution in [0.25, 0.3) is 0 Å². The van der Waals surface area contributed by atoms with Crippen molar-refractivity contribution < 1.29 is 19.0 Å². The minimum Gasteiger partial charge on any atom is -0.489 e. The molecule has 0 aliphatic carbocycles. The van der Waals surface area contributed by atoms with E-state index in [1.165, 1.54) is 0 Å². The molecule has 1 unspecified atom stereocenters. The summed E-state index contributed by atoms with van der Waals surface area (Å²) >= 11 is 6.53. The third kappa shape index (κ3) is 8.38. The summed E-state index contributed by atoms with van der Waals surface area (Å²) in [6, 6.07) is 31.9. The van der Waals surface area contributed by atoms with Crippen molar-refractivity contribution in [3.63, 3.8) is 0 Å². The molecule has 0 radical (unpaired) electrons. The largest absolute Gasteiger partial charge is 0.489 e. The Hall–Kier alpha value is -3.80. The lowest BCUT2D eigenvalue weighted by atomic mass is 10.1. The summed E-state index contributed by atoms with van der Waals surface area (Å²) in [5, 5.41) is 0.637. The maximum Gasteiger partial charge on any atom is 0.338 e. The van der Waals surface area contributed by atoms with Gasteiger partial charge in [-0.2, -0.15) is 0 Å². The van der Waals surface area contributed by atoms with Crippen LogP contribution in [-0.4, -0.2) is 18.6 Å². The molecule has 0 aliphatic rings. The highest BCUT2D eigenvalue weighted by molar-refractivity contribution is 6.31. The Kier molecular flexibility index (Phi) is 9.58. The van der Waals surface area contributed by atoms with Gasteiger partial charge in [-0.1, -0.05) is 72.3 Å². The molecular formula is C31H30ClNO4. The minimum absolute atomic E-state index is 0.183. The first kappa shape index (κ1) is 26.3. The predicted octanol–water partition coefficient (Wildman–Crippen LogP) is 7.22. The van der Waals surface area contributed by atoms with Gasteiger partial charge < -0.3 is 19.9 Å². The highest BCUT2D eigenvalue weighted by atomic mass is 35.5. The van der Waals surface area contributed by atoms with Crippen molar-refractivity contribution in [1.82, 2.24) is 0 Å². The van der Waals surface area contributed by atoms with Gasteiger partial charge in [0.1, 0.15) is 30.5 Å². The van der Waals surface area contributed by atoms with Gasteiger partial charge >= 0.3 is 5.97 Å². The van der Waals surface area contributed by atoms with Gasteiger partial charge in [0.05, 0.1) is 5.56 Å². The van der Waals surface area contributed by atoms with Crippen LogP contribution in [0.3, 0.4) is 0 Å². The number of halogens is 1. The molecule has 37 heavy (non-hydrogen) atoms. The fourth-order valence-corrected chi connectivity index (χ4v) is 4.04. The number of benzene rings is 4. The van der Waals surface area contributed by atoms with Crippen molar-refractivity contribution in [3.05, 3.63) is 125 Å². The number of carbonyl (C=O) groups is 1. The van der Waals surface area contributed by atoms with Gasteiger partial charge in [-0.3, -0.25) is 0 Å². The summed E-state index contributed by atoms with van der Waals surface area (Å²) in [4.78, 5) is 12.0. The summed E-state index contributed by atoms with van der Waals surface area (Å²) in [5.41, 5.74) is 8.78. The Labute approximate surface area is 222 Å². The van der Waals surface area contributed by atoms with Crippen LogP contribution in [0.15, 0.2) is 103 Å². The van der Waals surface area contributed by atoms with Gasteiger partial charge in [0.2, 0.25) is 0 Å². The number of hydrogen-bond acceptors (Lipinski definition) is 5. The number of rotatable bonds is 12. The van der Waals surface area contributed by atoms with E-state index in [2.05, 4.69) is 0 Å². The van der Waals surface area contributed by atoms with Crippen molar-refractivity contribution in [2.75, 3.05) is 6.61 Å². The molecule has 4 aromatic carbocycles. The average Bonchev–Trinajstić information content (AvgIpc) is 2.93. The number of aryl methyl sites for hydroxylation is 1. The Morgan fingerprint density at radius 3 is 2.27 bits per heavy atom. The molecule has 0 fully saturated rings. The summed E-state index contributed by atoms with van der Waals surface area (Å²) in [5.74, 6) is 1.70. The SMILES string of the molecule is NC(CCCc1ccc(Oc2cccc(OCc3ccccc3)c2)cc1Cl)COC(=O)c1ccccc1. The van der Waals surface area contributed by atoms with E-state index in [0.717, 1.165) is 29.7 Å². The Bertz CT molecular complexity index is 1280. The van der Waals surface area contributed by atoms with Crippen LogP contribution in [0.4, 0.5) is 0 Å². The van der Waals surface area contributed by atoms with Crippen LogP contribution in [0.5, 0.6) is 17.2 Å². The molecule has 4 rings (SSSR count). The monoisotopic (exact) mass is 515 g/mol. The van der Waals surface area contributed by atoms with E-state index in [4.69, 9.17) is 31.5 Å². The molecule has 190 valence electrons. The Morgan fingerprint density at radius 1 is 0.811 bits per heavy atom. The standard InChI is InChI=1S/C31H30ClNO4/c32-30-20-29(37-28-16-8-15-27(19-28)35-21-23-9-3-1-4-10-23)18-17-24(30)13-7-14-26(33)22-36-31(34)25-11-5-2-6-12-25/h1-6,8-12,15-20,26H,7,13-14,21-22,33H2.